The molecule has 0 amide bonds. The van der Waals surface area contributed by atoms with Gasteiger partial charge in [-0.25, -0.2) is 14.4 Å². The Morgan fingerprint density at radius 1 is 1.18 bits per heavy atom. The van der Waals surface area contributed by atoms with E-state index in [1.165, 1.54) is 0 Å². The molecule has 182 valence electrons. The molecule has 5 rings (SSSR count). The van der Waals surface area contributed by atoms with Crippen LogP contribution in [0.15, 0.2) is 24.5 Å². The summed E-state index contributed by atoms with van der Waals surface area (Å²) in [6, 6.07) is 4.54. The zero-order valence-corrected chi connectivity index (χ0v) is 20.2. The highest BCUT2D eigenvalue weighted by atomic mass is 19.1. The van der Waals surface area contributed by atoms with E-state index in [1.54, 1.807) is 19.2 Å². The predicted molar refractivity (Wildman–Crippen MR) is 132 cm³/mol. The lowest BCUT2D eigenvalue weighted by Crippen LogP contribution is -2.30. The Labute approximate surface area is 199 Å². The number of aromatic nitrogens is 4. The van der Waals surface area contributed by atoms with Crippen molar-refractivity contribution in [3.05, 3.63) is 35.9 Å². The van der Waals surface area contributed by atoms with E-state index in [1.807, 2.05) is 13.2 Å². The Bertz CT molecular complexity index is 1140. The molecule has 4 heterocycles. The molecule has 1 aliphatic carbocycles. The summed E-state index contributed by atoms with van der Waals surface area (Å²) in [5, 5.41) is 13.0. The van der Waals surface area contributed by atoms with Crippen LogP contribution in [-0.4, -0.2) is 58.6 Å². The lowest BCUT2D eigenvalue weighted by atomic mass is 9.93. The quantitative estimate of drug-likeness (QED) is 0.542. The number of fused-ring (bicyclic) bond motifs is 1. The average Bonchev–Trinajstić information content (AvgIpc) is 3.47. The molecule has 8 nitrogen and oxygen atoms in total. The van der Waals surface area contributed by atoms with Gasteiger partial charge in [0.1, 0.15) is 11.9 Å². The van der Waals surface area contributed by atoms with Crippen molar-refractivity contribution in [1.82, 2.24) is 25.1 Å². The summed E-state index contributed by atoms with van der Waals surface area (Å²) in [4.78, 5) is 11.1. The van der Waals surface area contributed by atoms with Crippen LogP contribution < -0.4 is 20.3 Å². The molecule has 9 heteroatoms. The van der Waals surface area contributed by atoms with Gasteiger partial charge in [-0.1, -0.05) is 0 Å². The summed E-state index contributed by atoms with van der Waals surface area (Å²) >= 11 is 0. The monoisotopic (exact) mass is 467 g/mol. The zero-order valence-electron chi connectivity index (χ0n) is 20.2. The SMILES string of the molecule is CCNc1cc2c(cn1)c(N1CC[C@@H](NC)C1)nn2C1CCC(Oc2nccc(C)c2F)CC1. The smallest absolute Gasteiger partial charge is 0.250 e. The molecule has 1 saturated heterocycles. The van der Waals surface area contributed by atoms with Crippen LogP contribution in [0.3, 0.4) is 0 Å². The molecule has 0 bridgehead atoms. The van der Waals surface area contributed by atoms with E-state index in [9.17, 15) is 4.39 Å². The highest BCUT2D eigenvalue weighted by Crippen LogP contribution is 2.37. The number of halogens is 1. The Kier molecular flexibility index (Phi) is 6.54. The third-order valence-corrected chi connectivity index (χ3v) is 7.14. The molecule has 0 radical (unpaired) electrons. The third kappa shape index (κ3) is 4.41. The van der Waals surface area contributed by atoms with Gasteiger partial charge in [0.15, 0.2) is 11.6 Å². The molecule has 2 fully saturated rings. The minimum atomic E-state index is -0.360. The topological polar surface area (TPSA) is 80.1 Å². The second-order valence-electron chi connectivity index (χ2n) is 9.40. The van der Waals surface area contributed by atoms with Crippen LogP contribution in [0, 0.1) is 12.7 Å². The summed E-state index contributed by atoms with van der Waals surface area (Å²) in [5.74, 6) is 1.65. The van der Waals surface area contributed by atoms with Crippen LogP contribution in [-0.2, 0) is 0 Å². The molecule has 3 aromatic rings. The number of anilines is 2. The van der Waals surface area contributed by atoms with Crippen molar-refractivity contribution < 1.29 is 9.13 Å². The van der Waals surface area contributed by atoms with E-state index < -0.39 is 0 Å². The largest absolute Gasteiger partial charge is 0.472 e. The fourth-order valence-corrected chi connectivity index (χ4v) is 5.16. The first-order chi connectivity index (χ1) is 16.6. The van der Waals surface area contributed by atoms with Gasteiger partial charge in [0.2, 0.25) is 0 Å². The third-order valence-electron chi connectivity index (χ3n) is 7.14. The van der Waals surface area contributed by atoms with Gasteiger partial charge in [-0.15, -0.1) is 0 Å². The van der Waals surface area contributed by atoms with Gasteiger partial charge in [-0.2, -0.15) is 5.10 Å². The van der Waals surface area contributed by atoms with E-state index >= 15 is 0 Å². The normalized spacial score (nSPS) is 22.9. The van der Waals surface area contributed by atoms with Gasteiger partial charge in [0.05, 0.1) is 16.9 Å². The van der Waals surface area contributed by atoms with Crippen LogP contribution >= 0.6 is 0 Å². The van der Waals surface area contributed by atoms with Crippen molar-refractivity contribution in [2.75, 3.05) is 36.9 Å². The number of hydrogen-bond acceptors (Lipinski definition) is 7. The summed E-state index contributed by atoms with van der Waals surface area (Å²) in [5.41, 5.74) is 1.67. The summed E-state index contributed by atoms with van der Waals surface area (Å²) in [6.45, 7) is 6.57. The highest BCUT2D eigenvalue weighted by molar-refractivity contribution is 5.91. The molecule has 2 aliphatic rings. The Morgan fingerprint density at radius 3 is 2.74 bits per heavy atom. The number of pyridine rings is 2. The molecule has 1 aliphatic heterocycles. The van der Waals surface area contributed by atoms with Crippen molar-refractivity contribution in [3.8, 4) is 5.88 Å². The molecule has 0 spiro atoms. The number of nitrogens with one attached hydrogen (secondary N) is 2. The van der Waals surface area contributed by atoms with Gasteiger partial charge >= 0.3 is 0 Å². The molecular formula is C25H34FN7O. The van der Waals surface area contributed by atoms with E-state index in [2.05, 4.69) is 43.2 Å². The fourth-order valence-electron chi connectivity index (χ4n) is 5.16. The van der Waals surface area contributed by atoms with Crippen molar-refractivity contribution in [2.45, 2.75) is 64.1 Å². The van der Waals surface area contributed by atoms with Gasteiger partial charge in [0.25, 0.3) is 5.88 Å². The van der Waals surface area contributed by atoms with E-state index in [0.29, 0.717) is 11.6 Å². The van der Waals surface area contributed by atoms with Crippen molar-refractivity contribution in [3.63, 3.8) is 0 Å². The van der Waals surface area contributed by atoms with E-state index in [-0.39, 0.29) is 23.8 Å². The second kappa shape index (κ2) is 9.74. The number of nitrogens with zero attached hydrogens (tertiary/aromatic N) is 5. The molecule has 0 unspecified atom stereocenters. The van der Waals surface area contributed by atoms with Crippen LogP contribution in [0.1, 0.15) is 50.6 Å². The maximum atomic E-state index is 14.4. The number of rotatable bonds is 7. The van der Waals surface area contributed by atoms with Gasteiger partial charge in [-0.3, -0.25) is 4.68 Å². The summed E-state index contributed by atoms with van der Waals surface area (Å²) in [7, 11) is 2.02. The van der Waals surface area contributed by atoms with Gasteiger partial charge in [-0.05, 0) is 64.6 Å². The molecular weight excluding hydrogens is 433 g/mol. The maximum absolute atomic E-state index is 14.4. The first-order valence-electron chi connectivity index (χ1n) is 12.4. The Balaban J connectivity index is 1.37. The average molecular weight is 468 g/mol. The standard InChI is InChI=1S/C25H34FN7O/c1-4-28-22-13-21-20(14-30-22)24(32-12-10-17(15-32)27-3)31-33(21)18-5-7-19(8-6-18)34-25-23(26)16(2)9-11-29-25/h9,11,13-14,17-19,27H,4-8,10,12,15H2,1-3H3,(H,28,30)/t17-,18?,19?/m1/s1. The Morgan fingerprint density at radius 2 is 2.00 bits per heavy atom. The van der Waals surface area contributed by atoms with Crippen LogP contribution in [0.25, 0.3) is 10.9 Å². The number of likely N-dealkylation sites (N-methyl/N-ethyl adjacent to an activating group) is 1. The van der Waals surface area contributed by atoms with Gasteiger partial charge in [0, 0.05) is 44.1 Å². The molecule has 2 N–H and O–H groups in total. The number of ether oxygens (including phenoxy) is 1. The minimum Gasteiger partial charge on any atom is -0.472 e. The fraction of sp³-hybridized carbons (Fsp3) is 0.560. The first kappa shape index (κ1) is 22.8. The van der Waals surface area contributed by atoms with E-state index in [4.69, 9.17) is 9.84 Å². The maximum Gasteiger partial charge on any atom is 0.250 e. The summed E-state index contributed by atoms with van der Waals surface area (Å²) < 4.78 is 22.5. The number of aryl methyl sites for hydroxylation is 1. The van der Waals surface area contributed by atoms with E-state index in [0.717, 1.165) is 74.3 Å². The zero-order chi connectivity index (χ0) is 23.7. The minimum absolute atomic E-state index is 0.0321. The molecule has 1 atom stereocenters. The molecule has 3 aromatic heterocycles. The lowest BCUT2D eigenvalue weighted by molar-refractivity contribution is 0.120. The molecule has 34 heavy (non-hydrogen) atoms. The van der Waals surface area contributed by atoms with Gasteiger partial charge < -0.3 is 20.3 Å². The number of hydrogen-bond donors (Lipinski definition) is 2. The molecule has 1 saturated carbocycles. The van der Waals surface area contributed by atoms with Crippen LogP contribution in [0.5, 0.6) is 5.88 Å². The predicted octanol–water partition coefficient (Wildman–Crippen LogP) is 4.07. The second-order valence-corrected chi connectivity index (χ2v) is 9.40. The van der Waals surface area contributed by atoms with Crippen molar-refractivity contribution in [1.29, 1.82) is 0 Å². The summed E-state index contributed by atoms with van der Waals surface area (Å²) in [6.07, 6.45) is 8.16. The first-order valence-corrected chi connectivity index (χ1v) is 12.4. The van der Waals surface area contributed by atoms with Crippen molar-refractivity contribution >= 4 is 22.5 Å². The molecule has 0 aromatic carbocycles. The van der Waals surface area contributed by atoms with Crippen molar-refractivity contribution in [2.24, 2.45) is 0 Å². The van der Waals surface area contributed by atoms with Crippen LogP contribution in [0.2, 0.25) is 0 Å². The lowest BCUT2D eigenvalue weighted by Gasteiger charge is -2.29. The highest BCUT2D eigenvalue weighted by Gasteiger charge is 2.30. The Hall–Kier alpha value is -2.94. The van der Waals surface area contributed by atoms with Crippen LogP contribution in [0.4, 0.5) is 16.0 Å².